The molecule has 0 heterocycles. The molecule has 0 saturated carbocycles. The standard InChI is InChI=1S/C12H14N2O4S/c1-3-4-8(2)14-19(17,18)11-6-5-9(12(15)16)7-10(11)13/h1,5-8,14H,4,13H2,2H3,(H,15,16). The van der Waals surface area contributed by atoms with Gasteiger partial charge in [0.25, 0.3) is 0 Å². The van der Waals surface area contributed by atoms with E-state index in [-0.39, 0.29) is 22.6 Å². The van der Waals surface area contributed by atoms with E-state index >= 15 is 0 Å². The Labute approximate surface area is 111 Å². The van der Waals surface area contributed by atoms with E-state index < -0.39 is 22.0 Å². The van der Waals surface area contributed by atoms with Crippen LogP contribution in [0.4, 0.5) is 5.69 Å². The van der Waals surface area contributed by atoms with Crippen LogP contribution in [0.3, 0.4) is 0 Å². The fourth-order valence-electron chi connectivity index (χ4n) is 1.47. The molecule has 0 saturated heterocycles. The number of nitrogens with two attached hydrogens (primary N) is 1. The van der Waals surface area contributed by atoms with E-state index in [1.165, 1.54) is 6.07 Å². The Kier molecular flexibility index (Phi) is 4.53. The average Bonchev–Trinajstić information content (AvgIpc) is 2.27. The van der Waals surface area contributed by atoms with E-state index in [4.69, 9.17) is 17.3 Å². The summed E-state index contributed by atoms with van der Waals surface area (Å²) in [6, 6.07) is 3.00. The van der Waals surface area contributed by atoms with Gasteiger partial charge < -0.3 is 10.8 Å². The minimum atomic E-state index is -3.82. The third-order valence-corrected chi connectivity index (χ3v) is 3.99. The van der Waals surface area contributed by atoms with Gasteiger partial charge in [0.1, 0.15) is 4.90 Å². The van der Waals surface area contributed by atoms with Crippen LogP contribution >= 0.6 is 0 Å². The van der Waals surface area contributed by atoms with Crippen molar-refractivity contribution in [2.75, 3.05) is 5.73 Å². The summed E-state index contributed by atoms with van der Waals surface area (Å²) in [4.78, 5) is 10.6. The number of terminal acetylenes is 1. The number of carboxylic acid groups (broad SMARTS) is 1. The molecule has 0 radical (unpaired) electrons. The number of nitrogens with one attached hydrogen (secondary N) is 1. The lowest BCUT2D eigenvalue weighted by molar-refractivity contribution is 0.0697. The van der Waals surface area contributed by atoms with Crippen molar-refractivity contribution in [1.29, 1.82) is 0 Å². The van der Waals surface area contributed by atoms with Gasteiger partial charge in [-0.3, -0.25) is 0 Å². The van der Waals surface area contributed by atoms with Gasteiger partial charge in [-0.15, -0.1) is 12.3 Å². The number of hydrogen-bond acceptors (Lipinski definition) is 4. The Morgan fingerprint density at radius 3 is 2.68 bits per heavy atom. The third kappa shape index (κ3) is 3.71. The Hall–Kier alpha value is -2.04. The number of nitrogen functional groups attached to an aromatic ring is 1. The van der Waals surface area contributed by atoms with Crippen molar-refractivity contribution in [2.24, 2.45) is 0 Å². The fourth-order valence-corrected chi connectivity index (χ4v) is 2.83. The maximum Gasteiger partial charge on any atom is 0.335 e. The summed E-state index contributed by atoms with van der Waals surface area (Å²) >= 11 is 0. The second-order valence-corrected chi connectivity index (χ2v) is 5.67. The van der Waals surface area contributed by atoms with Crippen LogP contribution in [-0.4, -0.2) is 25.5 Å². The summed E-state index contributed by atoms with van der Waals surface area (Å²) in [6.45, 7) is 1.62. The van der Waals surface area contributed by atoms with Crippen LogP contribution in [0, 0.1) is 12.3 Å². The average molecular weight is 282 g/mol. The molecule has 4 N–H and O–H groups in total. The lowest BCUT2D eigenvalue weighted by Gasteiger charge is -2.13. The topological polar surface area (TPSA) is 109 Å². The molecule has 1 aromatic rings. The zero-order valence-electron chi connectivity index (χ0n) is 10.3. The van der Waals surface area contributed by atoms with Crippen LogP contribution in [0.25, 0.3) is 0 Å². The molecule has 1 aromatic carbocycles. The smallest absolute Gasteiger partial charge is 0.335 e. The van der Waals surface area contributed by atoms with Gasteiger partial charge in [-0.2, -0.15) is 0 Å². The summed E-state index contributed by atoms with van der Waals surface area (Å²) in [5.41, 5.74) is 5.37. The van der Waals surface area contributed by atoms with E-state index in [9.17, 15) is 13.2 Å². The molecule has 0 aliphatic rings. The van der Waals surface area contributed by atoms with Gasteiger partial charge in [0.2, 0.25) is 10.0 Å². The lowest BCUT2D eigenvalue weighted by Crippen LogP contribution is -2.32. The molecule has 0 aliphatic carbocycles. The number of sulfonamides is 1. The first-order valence-electron chi connectivity index (χ1n) is 5.36. The molecule has 1 unspecified atom stereocenters. The number of carboxylic acids is 1. The molecule has 1 atom stereocenters. The zero-order chi connectivity index (χ0) is 14.6. The highest BCUT2D eigenvalue weighted by Crippen LogP contribution is 2.20. The summed E-state index contributed by atoms with van der Waals surface area (Å²) in [6.07, 6.45) is 5.34. The molecular weight excluding hydrogens is 268 g/mol. The highest BCUT2D eigenvalue weighted by Gasteiger charge is 2.20. The molecular formula is C12H14N2O4S. The van der Waals surface area contributed by atoms with Gasteiger partial charge in [0, 0.05) is 12.5 Å². The Morgan fingerprint density at radius 2 is 2.21 bits per heavy atom. The van der Waals surface area contributed by atoms with Crippen LogP contribution in [0.1, 0.15) is 23.7 Å². The van der Waals surface area contributed by atoms with Crippen LogP contribution in [0.15, 0.2) is 23.1 Å². The van der Waals surface area contributed by atoms with Gasteiger partial charge in [-0.1, -0.05) is 0 Å². The predicted molar refractivity (Wildman–Crippen MR) is 71.0 cm³/mol. The molecule has 0 fully saturated rings. The van der Waals surface area contributed by atoms with Gasteiger partial charge in [0.05, 0.1) is 11.3 Å². The number of carbonyl (C=O) groups is 1. The van der Waals surface area contributed by atoms with Crippen LogP contribution < -0.4 is 10.5 Å². The maximum absolute atomic E-state index is 12.0. The van der Waals surface area contributed by atoms with Gasteiger partial charge in [-0.25, -0.2) is 17.9 Å². The molecule has 0 aromatic heterocycles. The van der Waals surface area contributed by atoms with E-state index in [1.807, 2.05) is 0 Å². The number of hydrogen-bond donors (Lipinski definition) is 3. The molecule has 0 aliphatic heterocycles. The van der Waals surface area contributed by atoms with Crippen molar-refractivity contribution in [3.05, 3.63) is 23.8 Å². The van der Waals surface area contributed by atoms with Crippen LogP contribution in [0.5, 0.6) is 0 Å². The normalized spacial score (nSPS) is 12.6. The number of aromatic carboxylic acids is 1. The summed E-state index contributed by atoms with van der Waals surface area (Å²) in [5, 5.41) is 8.78. The molecule has 0 spiro atoms. The first-order valence-corrected chi connectivity index (χ1v) is 6.85. The minimum absolute atomic E-state index is 0.0758. The molecule has 0 amide bonds. The van der Waals surface area contributed by atoms with E-state index in [0.717, 1.165) is 12.1 Å². The molecule has 0 bridgehead atoms. The minimum Gasteiger partial charge on any atom is -0.478 e. The first kappa shape index (κ1) is 15.0. The monoisotopic (exact) mass is 282 g/mol. The second-order valence-electron chi connectivity index (χ2n) is 3.99. The zero-order valence-corrected chi connectivity index (χ0v) is 11.1. The summed E-state index contributed by atoms with van der Waals surface area (Å²) in [7, 11) is -3.82. The SMILES string of the molecule is C#CCC(C)NS(=O)(=O)c1ccc(C(=O)O)cc1N. The second kappa shape index (κ2) is 5.73. The van der Waals surface area contributed by atoms with Crippen molar-refractivity contribution in [3.63, 3.8) is 0 Å². The van der Waals surface area contributed by atoms with Crippen molar-refractivity contribution < 1.29 is 18.3 Å². The predicted octanol–water partition coefficient (Wildman–Crippen LogP) is 0.657. The van der Waals surface area contributed by atoms with Crippen molar-refractivity contribution >= 4 is 21.7 Å². The summed E-state index contributed by atoms with van der Waals surface area (Å²) < 4.78 is 26.4. The highest BCUT2D eigenvalue weighted by molar-refractivity contribution is 7.89. The van der Waals surface area contributed by atoms with Gasteiger partial charge in [-0.05, 0) is 25.1 Å². The maximum atomic E-state index is 12.0. The summed E-state index contributed by atoms with van der Waals surface area (Å²) in [5.74, 6) is 1.17. The Morgan fingerprint density at radius 1 is 1.58 bits per heavy atom. The molecule has 1 rings (SSSR count). The van der Waals surface area contributed by atoms with Gasteiger partial charge >= 0.3 is 5.97 Å². The highest BCUT2D eigenvalue weighted by atomic mass is 32.2. The molecule has 6 nitrogen and oxygen atoms in total. The Balaban J connectivity index is 3.09. The molecule has 7 heteroatoms. The largest absolute Gasteiger partial charge is 0.478 e. The quantitative estimate of drug-likeness (QED) is 0.543. The van der Waals surface area contributed by atoms with E-state index in [2.05, 4.69) is 10.6 Å². The number of benzene rings is 1. The van der Waals surface area contributed by atoms with Crippen LogP contribution in [0.2, 0.25) is 0 Å². The fraction of sp³-hybridized carbons (Fsp3) is 0.250. The third-order valence-electron chi connectivity index (χ3n) is 2.33. The van der Waals surface area contributed by atoms with E-state index in [1.54, 1.807) is 6.92 Å². The van der Waals surface area contributed by atoms with Gasteiger partial charge in [0.15, 0.2) is 0 Å². The Bertz CT molecular complexity index is 632. The van der Waals surface area contributed by atoms with Crippen molar-refractivity contribution in [2.45, 2.75) is 24.3 Å². The molecule has 102 valence electrons. The number of anilines is 1. The lowest BCUT2D eigenvalue weighted by atomic mass is 10.2. The van der Waals surface area contributed by atoms with Crippen LogP contribution in [-0.2, 0) is 10.0 Å². The first-order chi connectivity index (χ1) is 8.77. The number of rotatable bonds is 5. The van der Waals surface area contributed by atoms with Crippen molar-refractivity contribution in [1.82, 2.24) is 4.72 Å². The molecule has 19 heavy (non-hydrogen) atoms. The van der Waals surface area contributed by atoms with Crippen molar-refractivity contribution in [3.8, 4) is 12.3 Å². The van der Waals surface area contributed by atoms with E-state index in [0.29, 0.717) is 0 Å².